The van der Waals surface area contributed by atoms with E-state index in [1.54, 1.807) is 6.34 Å². The Kier molecular flexibility index (Phi) is 3.00. The summed E-state index contributed by atoms with van der Waals surface area (Å²) in [5.41, 5.74) is 3.27. The van der Waals surface area contributed by atoms with Crippen LogP contribution in [0.25, 0.3) is 5.70 Å². The van der Waals surface area contributed by atoms with Crippen molar-refractivity contribution in [2.75, 3.05) is 0 Å². The lowest BCUT2D eigenvalue weighted by Crippen LogP contribution is -2.19. The van der Waals surface area contributed by atoms with Crippen LogP contribution in [0.4, 0.5) is 5.82 Å². The van der Waals surface area contributed by atoms with E-state index >= 15 is 0 Å². The van der Waals surface area contributed by atoms with Crippen molar-refractivity contribution in [2.24, 2.45) is 15.9 Å². The molecule has 0 amide bonds. The van der Waals surface area contributed by atoms with Gasteiger partial charge in [0.05, 0.1) is 17.7 Å². The molecule has 0 bridgehead atoms. The quantitative estimate of drug-likeness (QED) is 0.769. The number of aromatic amines is 1. The predicted molar refractivity (Wildman–Crippen MR) is 75.1 cm³/mol. The highest BCUT2D eigenvalue weighted by Gasteiger charge is 2.23. The topological polar surface area (TPSA) is 52.5 Å². The van der Waals surface area contributed by atoms with Gasteiger partial charge in [0.25, 0.3) is 0 Å². The van der Waals surface area contributed by atoms with Crippen LogP contribution < -0.4 is 5.32 Å². The molecule has 4 heteroatoms. The highest BCUT2D eigenvalue weighted by atomic mass is 15.1. The highest BCUT2D eigenvalue weighted by Crippen LogP contribution is 2.36. The molecule has 18 heavy (non-hydrogen) atoms. The van der Waals surface area contributed by atoms with Crippen LogP contribution in [-0.4, -0.2) is 18.0 Å². The first-order valence-corrected chi connectivity index (χ1v) is 6.58. The molecule has 1 aliphatic heterocycles. The molecular weight excluding hydrogens is 224 g/mol. The van der Waals surface area contributed by atoms with Crippen LogP contribution in [0.1, 0.15) is 37.7 Å². The van der Waals surface area contributed by atoms with Crippen LogP contribution in [0.5, 0.6) is 0 Å². The van der Waals surface area contributed by atoms with Crippen molar-refractivity contribution in [1.82, 2.24) is 10.3 Å². The van der Waals surface area contributed by atoms with Crippen LogP contribution >= 0.6 is 0 Å². The summed E-state index contributed by atoms with van der Waals surface area (Å²) in [6, 6.07) is 2.04. The molecule has 0 saturated heterocycles. The van der Waals surface area contributed by atoms with Crippen molar-refractivity contribution in [3.63, 3.8) is 0 Å². The number of nitrogens with zero attached hydrogens (tertiary/aromatic N) is 2. The number of rotatable bonds is 2. The molecular formula is C14H18N4. The molecule has 0 aromatic carbocycles. The third-order valence-electron chi connectivity index (χ3n) is 3.82. The predicted octanol–water partition coefficient (Wildman–Crippen LogP) is 3.23. The van der Waals surface area contributed by atoms with E-state index in [-0.39, 0.29) is 0 Å². The Morgan fingerprint density at radius 1 is 1.33 bits per heavy atom. The fraction of sp³-hybridized carbons (Fsp3) is 0.429. The van der Waals surface area contributed by atoms with Crippen molar-refractivity contribution in [1.29, 1.82) is 0 Å². The van der Waals surface area contributed by atoms with Gasteiger partial charge < -0.3 is 10.3 Å². The summed E-state index contributed by atoms with van der Waals surface area (Å²) in [6.45, 7) is 3.77. The second kappa shape index (κ2) is 4.80. The smallest absolute Gasteiger partial charge is 0.141 e. The number of allylic oxidation sites excluding steroid dienone is 1. The number of H-pyrrole nitrogens is 1. The van der Waals surface area contributed by atoms with Gasteiger partial charge in [-0.05, 0) is 25.6 Å². The number of aliphatic imine (C=N–C) groups is 2. The van der Waals surface area contributed by atoms with Crippen molar-refractivity contribution >= 4 is 24.6 Å². The molecule has 1 aromatic heterocycles. The van der Waals surface area contributed by atoms with Crippen molar-refractivity contribution < 1.29 is 0 Å². The fourth-order valence-electron chi connectivity index (χ4n) is 2.91. The SMILES string of the molecule is C=N/C(=C1\NC=Nc2[nH]ccc21)C1CCCCC1. The number of nitrogens with one attached hydrogen (secondary N) is 2. The number of fused-ring (bicyclic) bond motifs is 1. The molecule has 1 saturated carbocycles. The molecule has 0 radical (unpaired) electrons. The van der Waals surface area contributed by atoms with Crippen LogP contribution in [-0.2, 0) is 0 Å². The first-order valence-electron chi connectivity index (χ1n) is 6.58. The Morgan fingerprint density at radius 3 is 2.94 bits per heavy atom. The number of aromatic nitrogens is 1. The summed E-state index contributed by atoms with van der Waals surface area (Å²) in [7, 11) is 0. The summed E-state index contributed by atoms with van der Waals surface area (Å²) in [5.74, 6) is 1.44. The van der Waals surface area contributed by atoms with Gasteiger partial charge in [0.2, 0.25) is 0 Å². The third-order valence-corrected chi connectivity index (χ3v) is 3.82. The lowest BCUT2D eigenvalue weighted by Gasteiger charge is -2.25. The zero-order valence-electron chi connectivity index (χ0n) is 10.4. The number of hydrogen-bond donors (Lipinski definition) is 2. The van der Waals surface area contributed by atoms with E-state index in [0.29, 0.717) is 5.92 Å². The fourth-order valence-corrected chi connectivity index (χ4v) is 2.91. The van der Waals surface area contributed by atoms with E-state index in [2.05, 4.69) is 27.0 Å². The molecule has 1 aromatic rings. The zero-order valence-corrected chi connectivity index (χ0v) is 10.4. The second-order valence-corrected chi connectivity index (χ2v) is 4.90. The van der Waals surface area contributed by atoms with E-state index in [1.807, 2.05) is 12.3 Å². The monoisotopic (exact) mass is 242 g/mol. The van der Waals surface area contributed by atoms with Crippen molar-refractivity contribution in [2.45, 2.75) is 32.1 Å². The van der Waals surface area contributed by atoms with Crippen LogP contribution in [0, 0.1) is 5.92 Å². The van der Waals surface area contributed by atoms with Gasteiger partial charge >= 0.3 is 0 Å². The van der Waals surface area contributed by atoms with Crippen LogP contribution in [0.2, 0.25) is 0 Å². The van der Waals surface area contributed by atoms with Gasteiger partial charge in [-0.25, -0.2) is 4.99 Å². The minimum Gasteiger partial charge on any atom is -0.346 e. The molecule has 94 valence electrons. The van der Waals surface area contributed by atoms with E-state index in [4.69, 9.17) is 0 Å². The Balaban J connectivity index is 2.01. The highest BCUT2D eigenvalue weighted by molar-refractivity contribution is 5.87. The normalized spacial score (nSPS) is 22.2. The third kappa shape index (κ3) is 1.88. The molecule has 0 unspecified atom stereocenters. The summed E-state index contributed by atoms with van der Waals surface area (Å²) in [4.78, 5) is 11.7. The summed E-state index contributed by atoms with van der Waals surface area (Å²) < 4.78 is 0. The molecule has 4 nitrogen and oxygen atoms in total. The molecule has 0 atom stereocenters. The molecule has 2 N–H and O–H groups in total. The second-order valence-electron chi connectivity index (χ2n) is 4.90. The maximum absolute atomic E-state index is 4.31. The van der Waals surface area contributed by atoms with Crippen LogP contribution in [0.15, 0.2) is 27.9 Å². The Bertz CT molecular complexity index is 504. The van der Waals surface area contributed by atoms with Gasteiger partial charge in [0.15, 0.2) is 0 Å². The first-order chi connectivity index (χ1) is 8.90. The molecule has 2 aliphatic rings. The first kappa shape index (κ1) is 11.3. The van der Waals surface area contributed by atoms with Crippen LogP contribution in [0.3, 0.4) is 0 Å². The van der Waals surface area contributed by atoms with Crippen molar-refractivity contribution in [3.05, 3.63) is 23.5 Å². The van der Waals surface area contributed by atoms with Gasteiger partial charge in [-0.15, -0.1) is 0 Å². The average Bonchev–Trinajstić information content (AvgIpc) is 2.90. The van der Waals surface area contributed by atoms with E-state index in [9.17, 15) is 0 Å². The molecule has 1 fully saturated rings. The molecule has 1 aliphatic carbocycles. The largest absolute Gasteiger partial charge is 0.346 e. The summed E-state index contributed by atoms with van der Waals surface area (Å²) >= 11 is 0. The summed E-state index contributed by atoms with van der Waals surface area (Å²) in [5, 5.41) is 3.24. The van der Waals surface area contributed by atoms with Gasteiger partial charge in [0.1, 0.15) is 5.82 Å². The maximum Gasteiger partial charge on any atom is 0.141 e. The zero-order chi connectivity index (χ0) is 12.4. The van der Waals surface area contributed by atoms with Gasteiger partial charge in [-0.2, -0.15) is 0 Å². The standard InChI is InChI=1S/C14H18N4/c1-15-12(10-5-3-2-4-6-10)13-11-7-8-16-14(11)18-9-17-13/h7-10,16H,1-6H2,(H,17,18)/b13-12-. The average molecular weight is 242 g/mol. The van der Waals surface area contributed by atoms with Gasteiger partial charge in [0, 0.05) is 17.7 Å². The van der Waals surface area contributed by atoms with Crippen molar-refractivity contribution in [3.8, 4) is 0 Å². The minimum atomic E-state index is 0.535. The number of hydrogen-bond acceptors (Lipinski definition) is 3. The van der Waals surface area contributed by atoms with E-state index < -0.39 is 0 Å². The molecule has 0 spiro atoms. The molecule has 3 rings (SSSR count). The Morgan fingerprint density at radius 2 is 2.17 bits per heavy atom. The van der Waals surface area contributed by atoms with Gasteiger partial charge in [-0.1, -0.05) is 19.3 Å². The maximum atomic E-state index is 4.31. The summed E-state index contributed by atoms with van der Waals surface area (Å²) in [6.07, 6.45) is 10.0. The van der Waals surface area contributed by atoms with Gasteiger partial charge in [-0.3, -0.25) is 4.99 Å². The molecule has 2 heterocycles. The van der Waals surface area contributed by atoms with E-state index in [0.717, 1.165) is 22.8 Å². The lowest BCUT2D eigenvalue weighted by atomic mass is 9.85. The Hall–Kier alpha value is -1.84. The Labute approximate surface area is 107 Å². The lowest BCUT2D eigenvalue weighted by molar-refractivity contribution is 0.401. The minimum absolute atomic E-state index is 0.535. The van der Waals surface area contributed by atoms with E-state index in [1.165, 1.54) is 32.1 Å².